The van der Waals surface area contributed by atoms with Gasteiger partial charge in [0, 0.05) is 6.08 Å². The highest BCUT2D eigenvalue weighted by molar-refractivity contribution is 7.78. The number of fused-ring (bicyclic) bond motifs is 1. The van der Waals surface area contributed by atoms with Crippen LogP contribution in [0.5, 0.6) is 5.75 Å². The molecule has 0 radical (unpaired) electrons. The molecule has 0 heterocycles. The Bertz CT molecular complexity index is 821. The van der Waals surface area contributed by atoms with Crippen molar-refractivity contribution in [3.05, 3.63) is 41.0 Å². The zero-order valence-corrected chi connectivity index (χ0v) is 19.3. The van der Waals surface area contributed by atoms with E-state index in [0.29, 0.717) is 24.2 Å². The highest BCUT2D eigenvalue weighted by Crippen LogP contribution is 2.58. The number of carbonyl (C=O) groups is 1. The molecule has 2 aliphatic rings. The number of ether oxygens (including phenoxy) is 1. The summed E-state index contributed by atoms with van der Waals surface area (Å²) in [5, 5.41) is 5.34. The predicted molar refractivity (Wildman–Crippen MR) is 120 cm³/mol. The standard InChI is InChI=1S/C24H35NO4S/c1-4-18-10-8-17(15-22(18)29-30(25)27)9-11-19-7-6-14-24(3)20(12-13-21(19)24)16-23(26)28-5-2/h8,10,15-16,19,21H,4-7,9,11-14,25H2,1-3H3/b20-16+. The van der Waals surface area contributed by atoms with Gasteiger partial charge in [0.2, 0.25) is 0 Å². The van der Waals surface area contributed by atoms with Gasteiger partial charge in [0.15, 0.2) is 0 Å². The molecule has 5 nitrogen and oxygen atoms in total. The van der Waals surface area contributed by atoms with E-state index in [1.165, 1.54) is 24.0 Å². The summed E-state index contributed by atoms with van der Waals surface area (Å²) in [5.41, 5.74) is 3.61. The summed E-state index contributed by atoms with van der Waals surface area (Å²) in [5.74, 6) is 1.70. The van der Waals surface area contributed by atoms with Crippen molar-refractivity contribution in [3.63, 3.8) is 0 Å². The van der Waals surface area contributed by atoms with Gasteiger partial charge < -0.3 is 8.92 Å². The largest absolute Gasteiger partial charge is 0.463 e. The van der Waals surface area contributed by atoms with Crippen molar-refractivity contribution in [2.45, 2.75) is 72.1 Å². The van der Waals surface area contributed by atoms with Gasteiger partial charge in [-0.15, -0.1) is 0 Å². The van der Waals surface area contributed by atoms with Crippen LogP contribution in [0.1, 0.15) is 70.4 Å². The number of allylic oxidation sites excluding steroid dienone is 1. The Kier molecular flexibility index (Phi) is 7.75. The number of rotatable bonds is 8. The van der Waals surface area contributed by atoms with Crippen LogP contribution in [-0.2, 0) is 33.6 Å². The second kappa shape index (κ2) is 10.1. The summed E-state index contributed by atoms with van der Waals surface area (Å²) >= 11 is -1.81. The minimum absolute atomic E-state index is 0.118. The Morgan fingerprint density at radius 2 is 2.13 bits per heavy atom. The van der Waals surface area contributed by atoms with E-state index in [2.05, 4.69) is 19.1 Å². The average molecular weight is 434 g/mol. The van der Waals surface area contributed by atoms with Gasteiger partial charge in [-0.05, 0) is 79.9 Å². The van der Waals surface area contributed by atoms with Crippen LogP contribution in [-0.4, -0.2) is 16.8 Å². The van der Waals surface area contributed by atoms with Gasteiger partial charge in [-0.25, -0.2) is 9.93 Å². The Labute approximate surface area is 183 Å². The number of aryl methyl sites for hydroxylation is 2. The third kappa shape index (κ3) is 5.14. The van der Waals surface area contributed by atoms with Gasteiger partial charge in [0.1, 0.15) is 5.75 Å². The van der Waals surface area contributed by atoms with E-state index in [1.54, 1.807) is 6.08 Å². The SMILES string of the molecule is CCOC(=O)/C=C1\CCC2C(CCc3ccc(CC)c(OS(N)=O)c3)CCCC12C. The van der Waals surface area contributed by atoms with Crippen molar-refractivity contribution >= 4 is 17.2 Å². The number of benzene rings is 1. The molecule has 2 fully saturated rings. The first-order valence-electron chi connectivity index (χ1n) is 11.2. The first-order valence-corrected chi connectivity index (χ1v) is 12.3. The molecule has 0 aliphatic heterocycles. The molecule has 4 unspecified atom stereocenters. The zero-order valence-electron chi connectivity index (χ0n) is 18.4. The minimum atomic E-state index is -1.81. The third-order valence-electron chi connectivity index (χ3n) is 7.18. The van der Waals surface area contributed by atoms with Crippen molar-refractivity contribution < 1.29 is 17.9 Å². The molecule has 0 spiro atoms. The predicted octanol–water partition coefficient (Wildman–Crippen LogP) is 4.80. The lowest BCUT2D eigenvalue weighted by molar-refractivity contribution is -0.137. The van der Waals surface area contributed by atoms with Crippen molar-refractivity contribution in [1.29, 1.82) is 0 Å². The monoisotopic (exact) mass is 433 g/mol. The lowest BCUT2D eigenvalue weighted by Gasteiger charge is -2.43. The Hall–Kier alpha value is -1.66. The summed E-state index contributed by atoms with van der Waals surface area (Å²) < 4.78 is 21.8. The molecule has 0 bridgehead atoms. The molecule has 6 heteroatoms. The minimum Gasteiger partial charge on any atom is -0.463 e. The number of nitrogens with two attached hydrogens (primary N) is 1. The van der Waals surface area contributed by atoms with Gasteiger partial charge in [-0.3, -0.25) is 0 Å². The van der Waals surface area contributed by atoms with Gasteiger partial charge in [0.25, 0.3) is 11.3 Å². The molecular weight excluding hydrogens is 398 g/mol. The first kappa shape index (κ1) is 23.0. The Morgan fingerprint density at radius 1 is 1.33 bits per heavy atom. The van der Waals surface area contributed by atoms with Crippen LogP contribution in [0.4, 0.5) is 0 Å². The van der Waals surface area contributed by atoms with E-state index in [-0.39, 0.29) is 11.4 Å². The molecule has 2 saturated carbocycles. The lowest BCUT2D eigenvalue weighted by atomic mass is 9.62. The average Bonchev–Trinajstić information content (AvgIpc) is 3.03. The van der Waals surface area contributed by atoms with E-state index in [9.17, 15) is 9.00 Å². The van der Waals surface area contributed by atoms with E-state index < -0.39 is 11.3 Å². The van der Waals surface area contributed by atoms with Crippen LogP contribution in [0.3, 0.4) is 0 Å². The summed E-state index contributed by atoms with van der Waals surface area (Å²) in [6, 6.07) is 6.19. The Morgan fingerprint density at radius 3 is 2.83 bits per heavy atom. The highest BCUT2D eigenvalue weighted by atomic mass is 32.2. The molecule has 3 rings (SSSR count). The van der Waals surface area contributed by atoms with Gasteiger partial charge in [0.05, 0.1) is 6.61 Å². The van der Waals surface area contributed by atoms with E-state index in [0.717, 1.165) is 44.1 Å². The second-order valence-corrected chi connectivity index (χ2v) is 9.50. The lowest BCUT2D eigenvalue weighted by Crippen LogP contribution is -2.34. The molecule has 0 amide bonds. The molecule has 2 aliphatic carbocycles. The van der Waals surface area contributed by atoms with Crippen LogP contribution >= 0.6 is 0 Å². The summed E-state index contributed by atoms with van der Waals surface area (Å²) in [6.07, 6.45) is 10.4. The summed E-state index contributed by atoms with van der Waals surface area (Å²) in [4.78, 5) is 12.0. The highest BCUT2D eigenvalue weighted by Gasteiger charge is 2.48. The molecule has 166 valence electrons. The van der Waals surface area contributed by atoms with Gasteiger partial charge >= 0.3 is 5.97 Å². The van der Waals surface area contributed by atoms with Crippen LogP contribution in [0, 0.1) is 17.3 Å². The molecule has 2 N–H and O–H groups in total. The van der Waals surface area contributed by atoms with Crippen molar-refractivity contribution in [1.82, 2.24) is 0 Å². The molecule has 1 aromatic rings. The first-order chi connectivity index (χ1) is 14.4. The van der Waals surface area contributed by atoms with Crippen LogP contribution in [0.2, 0.25) is 0 Å². The van der Waals surface area contributed by atoms with E-state index in [1.807, 2.05) is 19.9 Å². The fourth-order valence-corrected chi connectivity index (χ4v) is 5.99. The maximum atomic E-state index is 12.0. The Balaban J connectivity index is 1.70. The number of hydrogen-bond acceptors (Lipinski definition) is 4. The smallest absolute Gasteiger partial charge is 0.330 e. The van der Waals surface area contributed by atoms with Crippen LogP contribution in [0.15, 0.2) is 29.8 Å². The molecule has 30 heavy (non-hydrogen) atoms. The van der Waals surface area contributed by atoms with E-state index in [4.69, 9.17) is 14.1 Å². The van der Waals surface area contributed by atoms with Gasteiger partial charge in [-0.1, -0.05) is 44.4 Å². The van der Waals surface area contributed by atoms with E-state index >= 15 is 0 Å². The topological polar surface area (TPSA) is 78.6 Å². The van der Waals surface area contributed by atoms with Crippen LogP contribution < -0.4 is 9.32 Å². The number of carbonyl (C=O) groups excluding carboxylic acids is 1. The molecule has 0 aromatic heterocycles. The molecule has 4 atom stereocenters. The van der Waals surface area contributed by atoms with Crippen molar-refractivity contribution in [2.24, 2.45) is 22.4 Å². The maximum Gasteiger partial charge on any atom is 0.330 e. The molecule has 1 aromatic carbocycles. The van der Waals surface area contributed by atoms with Crippen molar-refractivity contribution in [3.8, 4) is 5.75 Å². The number of hydrogen-bond donors (Lipinski definition) is 1. The van der Waals surface area contributed by atoms with Gasteiger partial charge in [-0.2, -0.15) is 4.21 Å². The summed E-state index contributed by atoms with van der Waals surface area (Å²) in [6.45, 7) is 6.67. The third-order valence-corrected chi connectivity index (χ3v) is 7.53. The van der Waals surface area contributed by atoms with Crippen molar-refractivity contribution in [2.75, 3.05) is 6.61 Å². The van der Waals surface area contributed by atoms with Crippen LogP contribution in [0.25, 0.3) is 0 Å². The fourth-order valence-electron chi connectivity index (χ4n) is 5.66. The maximum absolute atomic E-state index is 12.0. The quantitative estimate of drug-likeness (QED) is 0.472. The molecular formula is C24H35NO4S. The zero-order chi connectivity index (χ0) is 21.7. The normalized spacial score (nSPS) is 28.2. The molecule has 0 saturated heterocycles. The summed E-state index contributed by atoms with van der Waals surface area (Å²) in [7, 11) is 0. The fraction of sp³-hybridized carbons (Fsp3) is 0.625. The number of esters is 1. The second-order valence-electron chi connectivity index (χ2n) is 8.81.